The van der Waals surface area contributed by atoms with Crippen LogP contribution in [0.4, 0.5) is 0 Å². The number of thiol groups is 1. The molecule has 246 valence electrons. The fraction of sp³-hybridized carbons (Fsp3) is 0.353. The predicted octanol–water partition coefficient (Wildman–Crippen LogP) is 2.76. The zero-order valence-corrected chi connectivity index (χ0v) is 26.3. The minimum Gasteiger partial charge on any atom is -0.507 e. The number of ketones is 4. The van der Waals surface area contributed by atoms with Crippen LogP contribution in [0.25, 0.3) is 0 Å². The molecule has 0 bridgehead atoms. The molecule has 5 N–H and O–H groups in total. The molecule has 0 spiro atoms. The van der Waals surface area contributed by atoms with Gasteiger partial charge in [-0.05, 0) is 19.9 Å². The SMILES string of the molecule is CC(=O)[C@]1(O)Cc2c(O)c3c(c(O)c2[C@@H](OC2CC(NS)C(O)C(C)O2)C1)C(=O)c1c(OCC(=O)c2ccccc2)cccc1C3=O. The van der Waals surface area contributed by atoms with Crippen LogP contribution < -0.4 is 9.46 Å². The van der Waals surface area contributed by atoms with Gasteiger partial charge in [0.05, 0.1) is 41.0 Å². The van der Waals surface area contributed by atoms with Gasteiger partial charge in [-0.1, -0.05) is 55.3 Å². The molecule has 1 aliphatic heterocycles. The highest BCUT2D eigenvalue weighted by Crippen LogP contribution is 2.52. The van der Waals surface area contributed by atoms with E-state index >= 15 is 0 Å². The number of carbonyl (C=O) groups is 4. The molecule has 12 nitrogen and oxygen atoms in total. The summed E-state index contributed by atoms with van der Waals surface area (Å²) in [5, 5.41) is 45.1. The monoisotopic (exact) mass is 663 g/mol. The quantitative estimate of drug-likeness (QED) is 0.0920. The van der Waals surface area contributed by atoms with Gasteiger partial charge >= 0.3 is 0 Å². The third kappa shape index (κ3) is 5.62. The number of aliphatic hydroxyl groups is 2. The van der Waals surface area contributed by atoms with Gasteiger partial charge in [0.1, 0.15) is 22.8 Å². The van der Waals surface area contributed by atoms with Crippen molar-refractivity contribution in [3.8, 4) is 17.2 Å². The summed E-state index contributed by atoms with van der Waals surface area (Å²) in [7, 11) is 0. The van der Waals surface area contributed by atoms with Crippen molar-refractivity contribution in [1.82, 2.24) is 4.72 Å². The van der Waals surface area contributed by atoms with Crippen LogP contribution in [0.15, 0.2) is 48.5 Å². The number of benzene rings is 3. The van der Waals surface area contributed by atoms with Crippen LogP contribution >= 0.6 is 12.8 Å². The van der Waals surface area contributed by atoms with Crippen LogP contribution in [0.5, 0.6) is 17.2 Å². The molecule has 47 heavy (non-hydrogen) atoms. The minimum atomic E-state index is -2.05. The number of fused-ring (bicyclic) bond motifs is 3. The van der Waals surface area contributed by atoms with Crippen LogP contribution in [0.1, 0.15) is 86.1 Å². The number of aliphatic hydroxyl groups excluding tert-OH is 1. The topological polar surface area (TPSA) is 189 Å². The fourth-order valence-corrected chi connectivity index (χ4v) is 6.81. The summed E-state index contributed by atoms with van der Waals surface area (Å²) in [6.45, 7) is 2.35. The van der Waals surface area contributed by atoms with E-state index in [4.69, 9.17) is 14.2 Å². The number of rotatable bonds is 8. The van der Waals surface area contributed by atoms with E-state index in [1.165, 1.54) is 25.1 Å². The van der Waals surface area contributed by atoms with Crippen molar-refractivity contribution in [3.05, 3.63) is 87.5 Å². The summed E-state index contributed by atoms with van der Waals surface area (Å²) in [6.07, 6.45) is -4.70. The molecule has 0 aromatic heterocycles. The summed E-state index contributed by atoms with van der Waals surface area (Å²) in [5.74, 6) is -4.08. The standard InChI is InChI=1S/C34H33NO11S/c1-15-29(38)20(35-47)11-24(45-15)46-23-13-34(43,16(2)36)12-19-26(23)33(42)28-27(31(19)40)30(39)18-9-6-10-22(25(18)32(28)41)44-14-21(37)17-7-4-3-5-8-17/h3-10,15,20,23-24,29,35,38,40,42-43,47H,11-14H2,1-2H3/t15?,20?,23-,24?,29?,34-/m0/s1. The first-order valence-corrected chi connectivity index (χ1v) is 15.5. The summed E-state index contributed by atoms with van der Waals surface area (Å²) in [5.41, 5.74) is -3.21. The van der Waals surface area contributed by atoms with Gasteiger partial charge in [-0.3, -0.25) is 23.9 Å². The average molecular weight is 664 g/mol. The van der Waals surface area contributed by atoms with Gasteiger partial charge < -0.3 is 34.6 Å². The van der Waals surface area contributed by atoms with E-state index in [-0.39, 0.29) is 46.6 Å². The molecule has 2 aliphatic carbocycles. The molecule has 4 unspecified atom stereocenters. The maximum Gasteiger partial charge on any atom is 0.202 e. The van der Waals surface area contributed by atoms with E-state index in [2.05, 4.69) is 17.5 Å². The van der Waals surface area contributed by atoms with Gasteiger partial charge in [0.2, 0.25) is 5.78 Å². The van der Waals surface area contributed by atoms with Crippen molar-refractivity contribution in [1.29, 1.82) is 0 Å². The minimum absolute atomic E-state index is 0.0698. The lowest BCUT2D eigenvalue weighted by atomic mass is 9.72. The second-order valence-electron chi connectivity index (χ2n) is 12.1. The number of aromatic hydroxyl groups is 2. The van der Waals surface area contributed by atoms with Crippen molar-refractivity contribution < 1.29 is 53.8 Å². The van der Waals surface area contributed by atoms with Gasteiger partial charge in [-0.2, -0.15) is 0 Å². The Bertz CT molecular complexity index is 1790. The molecular formula is C34H33NO11S. The Hall–Kier alpha value is -4.11. The summed E-state index contributed by atoms with van der Waals surface area (Å²) >= 11 is 4.07. The first-order chi connectivity index (χ1) is 22.4. The van der Waals surface area contributed by atoms with Crippen molar-refractivity contribution in [3.63, 3.8) is 0 Å². The van der Waals surface area contributed by atoms with Crippen LogP contribution in [0, 0.1) is 0 Å². The van der Waals surface area contributed by atoms with Gasteiger partial charge in [0.25, 0.3) is 0 Å². The van der Waals surface area contributed by atoms with E-state index in [1.54, 1.807) is 37.3 Å². The van der Waals surface area contributed by atoms with E-state index in [9.17, 15) is 39.6 Å². The van der Waals surface area contributed by atoms with Crippen molar-refractivity contribution in [2.45, 2.75) is 69.4 Å². The zero-order chi connectivity index (χ0) is 33.8. The molecule has 3 aromatic carbocycles. The Morgan fingerprint density at radius 1 is 1.02 bits per heavy atom. The number of carbonyl (C=O) groups excluding carboxylic acids is 4. The highest BCUT2D eigenvalue weighted by atomic mass is 32.1. The summed E-state index contributed by atoms with van der Waals surface area (Å²) in [6, 6.07) is 12.1. The lowest BCUT2D eigenvalue weighted by Crippen LogP contribution is -2.52. The highest BCUT2D eigenvalue weighted by Gasteiger charge is 2.49. The van der Waals surface area contributed by atoms with Gasteiger partial charge in [-0.25, -0.2) is 0 Å². The lowest BCUT2D eigenvalue weighted by Gasteiger charge is -2.42. The maximum atomic E-state index is 14.1. The van der Waals surface area contributed by atoms with Crippen molar-refractivity contribution in [2.75, 3.05) is 6.61 Å². The number of hydrogen-bond acceptors (Lipinski definition) is 13. The molecule has 0 saturated carbocycles. The lowest BCUT2D eigenvalue weighted by molar-refractivity contribution is -0.248. The Labute approximate surface area is 274 Å². The number of Topliss-reactive ketones (excluding diaryl/α,β-unsaturated/α-hetero) is 2. The maximum absolute atomic E-state index is 14.1. The van der Waals surface area contributed by atoms with Gasteiger partial charge in [-0.15, -0.1) is 0 Å². The predicted molar refractivity (Wildman–Crippen MR) is 168 cm³/mol. The largest absolute Gasteiger partial charge is 0.507 e. The first-order valence-electron chi connectivity index (χ1n) is 15.0. The number of phenols is 2. The summed E-state index contributed by atoms with van der Waals surface area (Å²) in [4.78, 5) is 53.4. The second-order valence-corrected chi connectivity index (χ2v) is 12.3. The Morgan fingerprint density at radius 2 is 1.72 bits per heavy atom. The Morgan fingerprint density at radius 3 is 2.40 bits per heavy atom. The van der Waals surface area contributed by atoms with Crippen molar-refractivity contribution in [2.24, 2.45) is 0 Å². The Kier molecular flexibility index (Phi) is 8.72. The number of hydrogen-bond donors (Lipinski definition) is 6. The van der Waals surface area contributed by atoms with Crippen LogP contribution in [-0.2, 0) is 20.7 Å². The number of phenolic OH excluding ortho intramolecular Hbond substituents is 2. The van der Waals surface area contributed by atoms with E-state index in [0.29, 0.717) is 5.56 Å². The number of ether oxygens (including phenoxy) is 3. The van der Waals surface area contributed by atoms with Gasteiger partial charge in [0.15, 0.2) is 30.2 Å². The second kappa shape index (κ2) is 12.5. The van der Waals surface area contributed by atoms with Crippen LogP contribution in [0.2, 0.25) is 0 Å². The summed E-state index contributed by atoms with van der Waals surface area (Å²) < 4.78 is 20.4. The van der Waals surface area contributed by atoms with E-state index < -0.39 is 89.2 Å². The molecule has 1 saturated heterocycles. The molecular weight excluding hydrogens is 630 g/mol. The molecule has 0 amide bonds. The molecule has 1 heterocycles. The number of nitrogens with one attached hydrogen (secondary N) is 1. The molecule has 6 atom stereocenters. The van der Waals surface area contributed by atoms with Crippen LogP contribution in [-0.4, -0.2) is 80.3 Å². The highest BCUT2D eigenvalue weighted by molar-refractivity contribution is 7.78. The van der Waals surface area contributed by atoms with Crippen molar-refractivity contribution >= 4 is 35.9 Å². The molecule has 1 fully saturated rings. The average Bonchev–Trinajstić information content (AvgIpc) is 3.05. The Balaban J connectivity index is 1.42. The van der Waals surface area contributed by atoms with Gasteiger partial charge in [0, 0.05) is 41.5 Å². The molecule has 0 radical (unpaired) electrons. The van der Waals surface area contributed by atoms with Crippen LogP contribution in [0.3, 0.4) is 0 Å². The smallest absolute Gasteiger partial charge is 0.202 e. The zero-order valence-electron chi connectivity index (χ0n) is 25.4. The molecule has 3 aliphatic rings. The molecule has 13 heteroatoms. The normalized spacial score (nSPS) is 26.6. The molecule has 6 rings (SSSR count). The fourth-order valence-electron chi connectivity index (χ4n) is 6.55. The van der Waals surface area contributed by atoms with E-state index in [1.807, 2.05) is 0 Å². The van der Waals surface area contributed by atoms with E-state index in [0.717, 1.165) is 0 Å². The molecule has 3 aromatic rings. The third-order valence-electron chi connectivity index (χ3n) is 9.15. The first kappa shape index (κ1) is 32.8. The third-order valence-corrected chi connectivity index (χ3v) is 9.49.